The van der Waals surface area contributed by atoms with Gasteiger partial charge in [-0.05, 0) is 66.6 Å². The van der Waals surface area contributed by atoms with Crippen LogP contribution in [0.25, 0.3) is 11.1 Å². The van der Waals surface area contributed by atoms with Gasteiger partial charge in [0.2, 0.25) is 0 Å². The van der Waals surface area contributed by atoms with Crippen molar-refractivity contribution < 1.29 is 19.1 Å². The molecule has 1 N–H and O–H groups in total. The van der Waals surface area contributed by atoms with Crippen molar-refractivity contribution >= 4 is 12.1 Å². The first-order chi connectivity index (χ1) is 17.1. The van der Waals surface area contributed by atoms with Gasteiger partial charge in [0.05, 0.1) is 5.56 Å². The maximum absolute atomic E-state index is 12.2. The quantitative estimate of drug-likeness (QED) is 0.209. The number of hydrogen-bond acceptors (Lipinski definition) is 4. The van der Waals surface area contributed by atoms with E-state index in [2.05, 4.69) is 29.6 Å². The maximum atomic E-state index is 12.2. The van der Waals surface area contributed by atoms with Crippen molar-refractivity contribution in [3.8, 4) is 11.1 Å². The van der Waals surface area contributed by atoms with E-state index in [1.165, 1.54) is 22.3 Å². The average Bonchev–Trinajstić information content (AvgIpc) is 3.21. The summed E-state index contributed by atoms with van der Waals surface area (Å²) < 4.78 is 11.0. The van der Waals surface area contributed by atoms with Crippen molar-refractivity contribution in [1.82, 2.24) is 5.32 Å². The number of alkyl carbamates (subject to hydrolysis) is 1. The van der Waals surface area contributed by atoms with Gasteiger partial charge in [0.1, 0.15) is 12.7 Å². The monoisotopic (exact) mass is 469 g/mol. The van der Waals surface area contributed by atoms with Crippen LogP contribution in [0.4, 0.5) is 4.79 Å². The van der Waals surface area contributed by atoms with E-state index >= 15 is 0 Å². The molecule has 180 valence electrons. The maximum Gasteiger partial charge on any atom is 0.407 e. The standard InChI is InChI=1S/C30H31NO4/c1-22(35-29(32)23-14-6-4-7-15-23)13-5-2-3-12-20-31-30(33)34-21-28-26-18-10-8-16-24(26)25-17-9-11-19-27(25)28/h4-11,13-19,22,28H,2-3,12,20-21H2,1H3,(H,31,33)/b13-5+. The number of hydrogen-bond donors (Lipinski definition) is 1. The zero-order valence-corrected chi connectivity index (χ0v) is 20.0. The molecule has 0 bridgehead atoms. The molecule has 0 saturated heterocycles. The number of carbonyl (C=O) groups excluding carboxylic acids is 2. The van der Waals surface area contributed by atoms with E-state index < -0.39 is 0 Å². The molecule has 3 aromatic rings. The van der Waals surface area contributed by atoms with E-state index in [9.17, 15) is 9.59 Å². The Morgan fingerprint density at radius 2 is 1.51 bits per heavy atom. The normalized spacial score (nSPS) is 13.2. The molecule has 1 atom stereocenters. The fourth-order valence-corrected chi connectivity index (χ4v) is 4.37. The number of allylic oxidation sites excluding steroid dienone is 1. The molecule has 0 aliphatic heterocycles. The lowest BCUT2D eigenvalue weighted by molar-refractivity contribution is 0.0424. The number of fused-ring (bicyclic) bond motifs is 3. The number of amides is 1. The van der Waals surface area contributed by atoms with E-state index in [0.29, 0.717) is 18.7 Å². The zero-order chi connectivity index (χ0) is 24.5. The molecule has 3 aromatic carbocycles. The van der Waals surface area contributed by atoms with Gasteiger partial charge in [-0.3, -0.25) is 0 Å². The van der Waals surface area contributed by atoms with Crippen molar-refractivity contribution in [2.24, 2.45) is 0 Å². The predicted octanol–water partition coefficient (Wildman–Crippen LogP) is 6.50. The number of unbranched alkanes of at least 4 members (excludes halogenated alkanes) is 2. The molecular formula is C30H31NO4. The van der Waals surface area contributed by atoms with Gasteiger partial charge in [-0.25, -0.2) is 9.59 Å². The molecule has 1 unspecified atom stereocenters. The Morgan fingerprint density at radius 3 is 2.20 bits per heavy atom. The molecule has 0 fully saturated rings. The van der Waals surface area contributed by atoms with Gasteiger partial charge in [-0.15, -0.1) is 0 Å². The Labute approximate surface area is 206 Å². The summed E-state index contributed by atoms with van der Waals surface area (Å²) in [7, 11) is 0. The summed E-state index contributed by atoms with van der Waals surface area (Å²) in [5.74, 6) is -0.258. The third-order valence-corrected chi connectivity index (χ3v) is 6.12. The molecular weight excluding hydrogens is 438 g/mol. The summed E-state index contributed by atoms with van der Waals surface area (Å²) in [4.78, 5) is 24.3. The molecule has 4 rings (SSSR count). The minimum atomic E-state index is -0.385. The summed E-state index contributed by atoms with van der Waals surface area (Å²) in [6.07, 6.45) is 5.83. The lowest BCUT2D eigenvalue weighted by Crippen LogP contribution is -2.27. The molecule has 1 aliphatic carbocycles. The molecule has 0 aromatic heterocycles. The van der Waals surface area contributed by atoms with Crippen LogP contribution >= 0.6 is 0 Å². The molecule has 0 saturated carbocycles. The third-order valence-electron chi connectivity index (χ3n) is 6.12. The summed E-state index contributed by atoms with van der Waals surface area (Å²) >= 11 is 0. The first-order valence-electron chi connectivity index (χ1n) is 12.1. The van der Waals surface area contributed by atoms with Gasteiger partial charge in [0.25, 0.3) is 0 Å². The largest absolute Gasteiger partial charge is 0.455 e. The van der Waals surface area contributed by atoms with E-state index in [1.54, 1.807) is 12.1 Å². The van der Waals surface area contributed by atoms with Crippen LogP contribution in [0.15, 0.2) is 91.0 Å². The Bertz CT molecular complexity index is 1130. The predicted molar refractivity (Wildman–Crippen MR) is 137 cm³/mol. The second-order valence-corrected chi connectivity index (χ2v) is 8.65. The van der Waals surface area contributed by atoms with Crippen LogP contribution in [0.5, 0.6) is 0 Å². The highest BCUT2D eigenvalue weighted by Gasteiger charge is 2.28. The van der Waals surface area contributed by atoms with E-state index in [0.717, 1.165) is 19.3 Å². The van der Waals surface area contributed by atoms with Crippen LogP contribution in [0.3, 0.4) is 0 Å². The minimum Gasteiger partial charge on any atom is -0.455 e. The lowest BCUT2D eigenvalue weighted by atomic mass is 9.98. The van der Waals surface area contributed by atoms with Gasteiger partial charge >= 0.3 is 12.1 Å². The molecule has 0 radical (unpaired) electrons. The minimum absolute atomic E-state index is 0.0660. The van der Waals surface area contributed by atoms with Crippen LogP contribution in [-0.4, -0.2) is 31.3 Å². The van der Waals surface area contributed by atoms with E-state index in [4.69, 9.17) is 9.47 Å². The molecule has 5 heteroatoms. The van der Waals surface area contributed by atoms with E-state index in [-0.39, 0.29) is 24.1 Å². The average molecular weight is 470 g/mol. The highest BCUT2D eigenvalue weighted by molar-refractivity contribution is 5.89. The summed E-state index contributed by atoms with van der Waals surface area (Å²) in [6.45, 7) is 2.72. The van der Waals surface area contributed by atoms with Gasteiger partial charge < -0.3 is 14.8 Å². The highest BCUT2D eigenvalue weighted by Crippen LogP contribution is 2.44. The molecule has 0 heterocycles. The lowest BCUT2D eigenvalue weighted by Gasteiger charge is -2.14. The molecule has 0 spiro atoms. The van der Waals surface area contributed by atoms with E-state index in [1.807, 2.05) is 61.5 Å². The summed E-state index contributed by atoms with van der Waals surface area (Å²) in [5.41, 5.74) is 5.39. The van der Waals surface area contributed by atoms with Gasteiger partial charge in [0.15, 0.2) is 0 Å². The molecule has 35 heavy (non-hydrogen) atoms. The second kappa shape index (κ2) is 12.0. The zero-order valence-electron chi connectivity index (χ0n) is 20.0. The van der Waals surface area contributed by atoms with Gasteiger partial charge in [-0.1, -0.05) is 72.8 Å². The van der Waals surface area contributed by atoms with Crippen LogP contribution in [-0.2, 0) is 9.47 Å². The number of esters is 1. The van der Waals surface area contributed by atoms with Crippen molar-refractivity contribution in [3.05, 3.63) is 108 Å². The molecule has 5 nitrogen and oxygen atoms in total. The Morgan fingerprint density at radius 1 is 0.886 bits per heavy atom. The highest BCUT2D eigenvalue weighted by atomic mass is 16.5. The third kappa shape index (κ3) is 6.38. The van der Waals surface area contributed by atoms with Crippen LogP contribution in [0.1, 0.15) is 53.6 Å². The number of benzene rings is 3. The number of nitrogens with one attached hydrogen (secondary N) is 1. The number of rotatable bonds is 10. The Balaban J connectivity index is 1.12. The smallest absolute Gasteiger partial charge is 0.407 e. The van der Waals surface area contributed by atoms with Gasteiger partial charge in [-0.2, -0.15) is 0 Å². The van der Waals surface area contributed by atoms with Crippen LogP contribution in [0, 0.1) is 0 Å². The first kappa shape index (κ1) is 24.3. The Kier molecular flexibility index (Phi) is 8.34. The first-order valence-corrected chi connectivity index (χ1v) is 12.1. The van der Waals surface area contributed by atoms with Crippen molar-refractivity contribution in [2.75, 3.05) is 13.2 Å². The Hall–Kier alpha value is -3.86. The molecule has 1 aliphatic rings. The van der Waals surface area contributed by atoms with Gasteiger partial charge in [0, 0.05) is 12.5 Å². The van der Waals surface area contributed by atoms with Crippen LogP contribution in [0.2, 0.25) is 0 Å². The number of ether oxygens (including phenoxy) is 2. The fraction of sp³-hybridized carbons (Fsp3) is 0.267. The number of carbonyl (C=O) groups is 2. The van der Waals surface area contributed by atoms with Crippen molar-refractivity contribution in [3.63, 3.8) is 0 Å². The topological polar surface area (TPSA) is 64.6 Å². The molecule has 1 amide bonds. The summed E-state index contributed by atoms with van der Waals surface area (Å²) in [5, 5.41) is 2.84. The second-order valence-electron chi connectivity index (χ2n) is 8.65. The van der Waals surface area contributed by atoms with Crippen molar-refractivity contribution in [2.45, 2.75) is 38.2 Å². The van der Waals surface area contributed by atoms with Crippen LogP contribution < -0.4 is 5.32 Å². The fourth-order valence-electron chi connectivity index (χ4n) is 4.37. The van der Waals surface area contributed by atoms with Crippen molar-refractivity contribution in [1.29, 1.82) is 0 Å². The SMILES string of the molecule is CC(/C=C/CCCCNC(=O)OCC1c2ccccc2-c2ccccc21)OC(=O)c1ccccc1. The summed E-state index contributed by atoms with van der Waals surface area (Å²) in [6, 6.07) is 25.6.